The molecule has 1 aromatic carbocycles. The number of nitrogens with one attached hydrogen (secondary N) is 2. The first-order valence-corrected chi connectivity index (χ1v) is 9.23. The average Bonchev–Trinajstić information content (AvgIpc) is 2.65. The lowest BCUT2D eigenvalue weighted by Crippen LogP contribution is -2.29. The van der Waals surface area contributed by atoms with Gasteiger partial charge in [0.15, 0.2) is 0 Å². The Hall–Kier alpha value is -2.54. The van der Waals surface area contributed by atoms with Gasteiger partial charge >= 0.3 is 0 Å². The van der Waals surface area contributed by atoms with Crippen molar-refractivity contribution in [2.45, 2.75) is 32.2 Å². The highest BCUT2D eigenvalue weighted by atomic mass is 16.5. The molecule has 2 aromatic rings. The lowest BCUT2D eigenvalue weighted by molar-refractivity contribution is 0.220. The zero-order valence-corrected chi connectivity index (χ0v) is 15.0. The highest BCUT2D eigenvalue weighted by molar-refractivity contribution is 5.35. The fourth-order valence-electron chi connectivity index (χ4n) is 3.07. The van der Waals surface area contributed by atoms with Crippen molar-refractivity contribution in [3.05, 3.63) is 46.4 Å². The van der Waals surface area contributed by atoms with E-state index in [0.29, 0.717) is 19.1 Å². The molecule has 1 aliphatic rings. The molecule has 0 spiro atoms. The number of rotatable bonds is 8. The molecule has 1 aromatic heterocycles. The molecule has 7 heteroatoms. The maximum atomic E-state index is 11.4. The van der Waals surface area contributed by atoms with Crippen molar-refractivity contribution in [2.24, 2.45) is 0 Å². The van der Waals surface area contributed by atoms with E-state index in [1.165, 1.54) is 44.1 Å². The molecule has 0 unspecified atom stereocenters. The Bertz CT molecular complexity index is 756. The number of hydrogen-bond acceptors (Lipinski definition) is 6. The Morgan fingerprint density at radius 3 is 2.92 bits per heavy atom. The Morgan fingerprint density at radius 2 is 2.12 bits per heavy atom. The molecule has 4 N–H and O–H groups in total. The van der Waals surface area contributed by atoms with E-state index in [0.717, 1.165) is 18.7 Å². The van der Waals surface area contributed by atoms with E-state index in [4.69, 9.17) is 10.5 Å². The van der Waals surface area contributed by atoms with Gasteiger partial charge in [0.25, 0.3) is 5.56 Å². The van der Waals surface area contributed by atoms with Crippen LogP contribution in [0.2, 0.25) is 0 Å². The summed E-state index contributed by atoms with van der Waals surface area (Å²) < 4.78 is 5.85. The summed E-state index contributed by atoms with van der Waals surface area (Å²) in [5, 5.41) is 3.06. The molecule has 1 aliphatic heterocycles. The minimum atomic E-state index is -0.329. The third-order valence-electron chi connectivity index (χ3n) is 4.46. The summed E-state index contributed by atoms with van der Waals surface area (Å²) in [5.74, 6) is 1.33. The number of piperidine rings is 1. The van der Waals surface area contributed by atoms with E-state index >= 15 is 0 Å². The smallest absolute Gasteiger partial charge is 0.275 e. The molecule has 1 fully saturated rings. The molecule has 3 rings (SSSR count). The van der Waals surface area contributed by atoms with Crippen molar-refractivity contribution in [1.82, 2.24) is 14.9 Å². The van der Waals surface area contributed by atoms with Crippen LogP contribution in [0.3, 0.4) is 0 Å². The first kappa shape index (κ1) is 18.3. The molecule has 0 amide bonds. The number of benzene rings is 1. The van der Waals surface area contributed by atoms with Gasteiger partial charge in [0.2, 0.25) is 5.95 Å². The number of likely N-dealkylation sites (tertiary alicyclic amines) is 1. The number of aromatic amines is 1. The minimum Gasteiger partial charge on any atom is -0.494 e. The van der Waals surface area contributed by atoms with Gasteiger partial charge in [0.05, 0.1) is 12.8 Å². The fraction of sp³-hybridized carbons (Fsp3) is 0.474. The van der Waals surface area contributed by atoms with Gasteiger partial charge in [-0.15, -0.1) is 0 Å². The number of hydrogen-bond donors (Lipinski definition) is 3. The molecule has 0 bridgehead atoms. The van der Waals surface area contributed by atoms with E-state index in [2.05, 4.69) is 38.4 Å². The molecular weight excluding hydrogens is 330 g/mol. The quantitative estimate of drug-likeness (QED) is 0.627. The summed E-state index contributed by atoms with van der Waals surface area (Å²) in [7, 11) is 0. The molecule has 7 nitrogen and oxygen atoms in total. The van der Waals surface area contributed by atoms with Crippen molar-refractivity contribution in [3.63, 3.8) is 0 Å². The van der Waals surface area contributed by atoms with Crippen LogP contribution in [0.4, 0.5) is 11.6 Å². The molecule has 1 saturated heterocycles. The second-order valence-corrected chi connectivity index (χ2v) is 6.63. The van der Waals surface area contributed by atoms with Crippen LogP contribution in [0.1, 0.15) is 31.2 Å². The monoisotopic (exact) mass is 357 g/mol. The normalized spacial score (nSPS) is 14.9. The molecule has 2 heterocycles. The second-order valence-electron chi connectivity index (χ2n) is 6.63. The standard InChI is InChI=1S/C19H27N5O2/c20-17-13-22-19(23-18(17)25)21-8-5-11-26-16-7-4-6-15(12-16)14-24-9-2-1-3-10-24/h4,6-7,12-13H,1-3,5,8-11,14,20H2,(H2,21,22,23,25). The van der Waals surface area contributed by atoms with Crippen LogP contribution in [0.5, 0.6) is 5.75 Å². The number of anilines is 2. The Morgan fingerprint density at radius 1 is 1.27 bits per heavy atom. The van der Waals surface area contributed by atoms with E-state index in [-0.39, 0.29) is 11.2 Å². The van der Waals surface area contributed by atoms with Gasteiger partial charge < -0.3 is 15.8 Å². The highest BCUT2D eigenvalue weighted by Gasteiger charge is 2.10. The van der Waals surface area contributed by atoms with Crippen LogP contribution in [0.15, 0.2) is 35.3 Å². The minimum absolute atomic E-state index is 0.114. The lowest BCUT2D eigenvalue weighted by atomic mass is 10.1. The summed E-state index contributed by atoms with van der Waals surface area (Å²) in [6.45, 7) is 4.63. The summed E-state index contributed by atoms with van der Waals surface area (Å²) in [6, 6.07) is 8.33. The van der Waals surface area contributed by atoms with E-state index < -0.39 is 0 Å². The van der Waals surface area contributed by atoms with Crippen LogP contribution in [0, 0.1) is 0 Å². The predicted octanol–water partition coefficient (Wildman–Crippen LogP) is 2.22. The number of nitrogens with two attached hydrogens (primary N) is 1. The third-order valence-corrected chi connectivity index (χ3v) is 4.46. The van der Waals surface area contributed by atoms with Gasteiger partial charge in [-0.05, 0) is 50.0 Å². The van der Waals surface area contributed by atoms with Crippen molar-refractivity contribution in [1.29, 1.82) is 0 Å². The van der Waals surface area contributed by atoms with Gasteiger partial charge in [-0.2, -0.15) is 0 Å². The van der Waals surface area contributed by atoms with Crippen molar-refractivity contribution in [3.8, 4) is 5.75 Å². The molecule has 140 valence electrons. The van der Waals surface area contributed by atoms with Gasteiger partial charge in [-0.1, -0.05) is 18.6 Å². The zero-order chi connectivity index (χ0) is 18.2. The summed E-state index contributed by atoms with van der Waals surface area (Å²) in [4.78, 5) is 20.5. The zero-order valence-electron chi connectivity index (χ0n) is 15.0. The molecule has 0 atom stereocenters. The van der Waals surface area contributed by atoms with Crippen LogP contribution in [-0.2, 0) is 6.54 Å². The first-order chi connectivity index (χ1) is 12.7. The molecular formula is C19H27N5O2. The number of aromatic nitrogens is 2. The number of H-pyrrole nitrogens is 1. The lowest BCUT2D eigenvalue weighted by Gasteiger charge is -2.26. The Balaban J connectivity index is 1.39. The SMILES string of the molecule is Nc1cnc(NCCCOc2cccc(CN3CCCCC3)c2)[nH]c1=O. The average molecular weight is 357 g/mol. The number of nitrogen functional groups attached to an aromatic ring is 1. The molecule has 0 saturated carbocycles. The van der Waals surface area contributed by atoms with Crippen LogP contribution in [0.25, 0.3) is 0 Å². The van der Waals surface area contributed by atoms with E-state index in [9.17, 15) is 4.79 Å². The second kappa shape index (κ2) is 9.24. The topological polar surface area (TPSA) is 96.3 Å². The van der Waals surface area contributed by atoms with Crippen LogP contribution >= 0.6 is 0 Å². The van der Waals surface area contributed by atoms with Crippen molar-refractivity contribution in [2.75, 3.05) is 37.3 Å². The molecule has 0 aliphatic carbocycles. The Kier molecular flexibility index (Phi) is 6.49. The fourth-order valence-corrected chi connectivity index (χ4v) is 3.07. The number of ether oxygens (including phenoxy) is 1. The van der Waals surface area contributed by atoms with E-state index in [1.807, 2.05) is 6.07 Å². The molecule has 0 radical (unpaired) electrons. The van der Waals surface area contributed by atoms with Gasteiger partial charge in [-0.3, -0.25) is 14.7 Å². The summed E-state index contributed by atoms with van der Waals surface area (Å²) in [6.07, 6.45) is 6.11. The van der Waals surface area contributed by atoms with Crippen LogP contribution in [-0.4, -0.2) is 41.1 Å². The third kappa shape index (κ3) is 5.49. The van der Waals surface area contributed by atoms with E-state index in [1.54, 1.807) is 0 Å². The maximum absolute atomic E-state index is 11.4. The summed E-state index contributed by atoms with van der Waals surface area (Å²) >= 11 is 0. The number of nitrogens with zero attached hydrogens (tertiary/aromatic N) is 2. The first-order valence-electron chi connectivity index (χ1n) is 9.23. The van der Waals surface area contributed by atoms with Gasteiger partial charge in [-0.25, -0.2) is 4.98 Å². The molecule has 26 heavy (non-hydrogen) atoms. The Labute approximate surface area is 153 Å². The largest absolute Gasteiger partial charge is 0.494 e. The summed E-state index contributed by atoms with van der Waals surface area (Å²) in [5.41, 5.74) is 6.53. The van der Waals surface area contributed by atoms with Crippen LogP contribution < -0.4 is 21.3 Å². The van der Waals surface area contributed by atoms with Crippen molar-refractivity contribution < 1.29 is 4.74 Å². The predicted molar refractivity (Wildman–Crippen MR) is 103 cm³/mol. The highest BCUT2D eigenvalue weighted by Crippen LogP contribution is 2.17. The maximum Gasteiger partial charge on any atom is 0.275 e. The van der Waals surface area contributed by atoms with Gasteiger partial charge in [0.1, 0.15) is 11.4 Å². The van der Waals surface area contributed by atoms with Crippen molar-refractivity contribution >= 4 is 11.6 Å². The van der Waals surface area contributed by atoms with Gasteiger partial charge in [0, 0.05) is 13.1 Å².